The first kappa shape index (κ1) is 15.5. The maximum Gasteiger partial charge on any atom is 0.303 e. The van der Waals surface area contributed by atoms with Crippen LogP contribution in [-0.2, 0) is 9.59 Å². The van der Waals surface area contributed by atoms with Gasteiger partial charge in [0.15, 0.2) is 0 Å². The van der Waals surface area contributed by atoms with Gasteiger partial charge in [0.25, 0.3) is 0 Å². The number of unbranched alkanes of at least 4 members (excludes halogenated alkanes) is 1. The molecule has 14 heavy (non-hydrogen) atoms. The molecule has 0 unspecified atom stereocenters. The summed E-state index contributed by atoms with van der Waals surface area (Å²) in [5.41, 5.74) is 4.92. The van der Waals surface area contributed by atoms with Crippen molar-refractivity contribution in [2.45, 2.75) is 32.6 Å². The lowest BCUT2D eigenvalue weighted by Crippen LogP contribution is -2.14. The molecular weight excluding hydrogens is 186 g/mol. The van der Waals surface area contributed by atoms with Gasteiger partial charge in [-0.05, 0) is 6.42 Å². The highest BCUT2D eigenvalue weighted by Gasteiger charge is 2.01. The van der Waals surface area contributed by atoms with E-state index in [0.29, 0.717) is 6.61 Å². The topological polar surface area (TPSA) is 101 Å². The van der Waals surface area contributed by atoms with Crippen LogP contribution in [0.3, 0.4) is 0 Å². The molecule has 5 nitrogen and oxygen atoms in total. The molecule has 0 aliphatic heterocycles. The number of hydrogen-bond donors (Lipinski definition) is 3. The van der Waals surface area contributed by atoms with Crippen LogP contribution in [0.1, 0.15) is 32.6 Å². The van der Waals surface area contributed by atoms with Crippen molar-refractivity contribution < 1.29 is 19.8 Å². The summed E-state index contributed by atoms with van der Waals surface area (Å²) in [5, 5.41) is 16.1. The molecule has 0 aromatic heterocycles. The lowest BCUT2D eigenvalue weighted by molar-refractivity contribution is -0.138. The number of Topliss-reactive ketones (excluding diaryl/α,β-unsaturated/α-hetero) is 1. The molecule has 0 aliphatic carbocycles. The van der Waals surface area contributed by atoms with Gasteiger partial charge in [0.2, 0.25) is 0 Å². The largest absolute Gasteiger partial charge is 0.481 e. The van der Waals surface area contributed by atoms with E-state index in [-0.39, 0.29) is 25.2 Å². The van der Waals surface area contributed by atoms with Crippen LogP contribution in [0.15, 0.2) is 0 Å². The molecule has 0 rings (SSSR count). The molecule has 0 saturated heterocycles. The van der Waals surface area contributed by atoms with Gasteiger partial charge >= 0.3 is 5.97 Å². The highest BCUT2D eigenvalue weighted by molar-refractivity contribution is 5.83. The summed E-state index contributed by atoms with van der Waals surface area (Å²) < 4.78 is 0. The summed E-state index contributed by atoms with van der Waals surface area (Å²) in [6.45, 7) is 2.33. The standard InChI is InChI=1S/C5H9NO3.C4H10O/c6-3-4(7)1-2-5(8)9;1-2-3-4-5/h1-3,6H2,(H,8,9);5H,2-4H2,1H3. The zero-order valence-electron chi connectivity index (χ0n) is 8.53. The van der Waals surface area contributed by atoms with Crippen LogP contribution in [0.2, 0.25) is 0 Å². The number of hydrogen-bond acceptors (Lipinski definition) is 4. The molecule has 0 amide bonds. The lowest BCUT2D eigenvalue weighted by Gasteiger charge is -1.90. The third kappa shape index (κ3) is 17.2. The van der Waals surface area contributed by atoms with Gasteiger partial charge in [-0.15, -0.1) is 0 Å². The number of carbonyl (C=O) groups excluding carboxylic acids is 1. The van der Waals surface area contributed by atoms with Crippen LogP contribution < -0.4 is 5.73 Å². The van der Waals surface area contributed by atoms with Crippen molar-refractivity contribution in [3.63, 3.8) is 0 Å². The highest BCUT2D eigenvalue weighted by Crippen LogP contribution is 1.87. The smallest absolute Gasteiger partial charge is 0.303 e. The molecule has 0 fully saturated rings. The Kier molecular flexibility index (Phi) is 13.4. The number of carbonyl (C=O) groups is 2. The van der Waals surface area contributed by atoms with Gasteiger partial charge < -0.3 is 15.9 Å². The molecule has 4 N–H and O–H groups in total. The summed E-state index contributed by atoms with van der Waals surface area (Å²) in [4.78, 5) is 20.2. The zero-order valence-corrected chi connectivity index (χ0v) is 8.53. The zero-order chi connectivity index (χ0) is 11.4. The van der Waals surface area contributed by atoms with E-state index in [1.54, 1.807) is 0 Å². The Bertz CT molecular complexity index is 157. The van der Waals surface area contributed by atoms with Crippen molar-refractivity contribution in [1.29, 1.82) is 0 Å². The minimum Gasteiger partial charge on any atom is -0.481 e. The first-order valence-electron chi connectivity index (χ1n) is 4.62. The van der Waals surface area contributed by atoms with Gasteiger partial charge in [0.05, 0.1) is 13.0 Å². The molecule has 0 spiro atoms. The Morgan fingerprint density at radius 3 is 2.07 bits per heavy atom. The summed E-state index contributed by atoms with van der Waals surface area (Å²) >= 11 is 0. The van der Waals surface area contributed by atoms with Crippen LogP contribution >= 0.6 is 0 Å². The fourth-order valence-electron chi connectivity index (χ4n) is 0.507. The minimum atomic E-state index is -0.961. The Morgan fingerprint density at radius 1 is 1.29 bits per heavy atom. The van der Waals surface area contributed by atoms with E-state index in [9.17, 15) is 9.59 Å². The Hall–Kier alpha value is -0.940. The van der Waals surface area contributed by atoms with E-state index in [4.69, 9.17) is 15.9 Å². The second kappa shape index (κ2) is 12.1. The molecular formula is C9H19NO4. The molecule has 0 radical (unpaired) electrons. The molecule has 5 heteroatoms. The number of rotatable bonds is 6. The van der Waals surface area contributed by atoms with Crippen LogP contribution in [0.4, 0.5) is 0 Å². The summed E-state index contributed by atoms with van der Waals surface area (Å²) in [7, 11) is 0. The molecule has 0 heterocycles. The summed E-state index contributed by atoms with van der Waals surface area (Å²) in [6, 6.07) is 0. The van der Waals surface area contributed by atoms with Crippen LogP contribution in [0, 0.1) is 0 Å². The number of ketones is 1. The number of nitrogens with two attached hydrogens (primary N) is 1. The van der Waals surface area contributed by atoms with Crippen LogP contribution in [0.25, 0.3) is 0 Å². The van der Waals surface area contributed by atoms with Crippen LogP contribution in [0.5, 0.6) is 0 Å². The average Bonchev–Trinajstić information content (AvgIpc) is 2.16. The minimum absolute atomic E-state index is 0.0475. The van der Waals surface area contributed by atoms with E-state index in [2.05, 4.69) is 6.92 Å². The fourth-order valence-corrected chi connectivity index (χ4v) is 0.507. The van der Waals surface area contributed by atoms with Crippen molar-refractivity contribution in [3.05, 3.63) is 0 Å². The summed E-state index contributed by atoms with van der Waals surface area (Å²) in [6.07, 6.45) is 1.97. The van der Waals surface area contributed by atoms with Crippen molar-refractivity contribution >= 4 is 11.8 Å². The van der Waals surface area contributed by atoms with Crippen molar-refractivity contribution in [3.8, 4) is 0 Å². The van der Waals surface area contributed by atoms with E-state index < -0.39 is 5.97 Å². The number of aliphatic carboxylic acids is 1. The third-order valence-corrected chi connectivity index (χ3v) is 1.36. The summed E-state index contributed by atoms with van der Waals surface area (Å²) in [5.74, 6) is -1.17. The predicted octanol–water partition coefficient (Wildman–Crippen LogP) is 0.158. The maximum absolute atomic E-state index is 10.3. The first-order valence-corrected chi connectivity index (χ1v) is 4.62. The van der Waals surface area contributed by atoms with E-state index in [1.807, 2.05) is 0 Å². The molecule has 0 aromatic rings. The molecule has 0 aromatic carbocycles. The van der Waals surface area contributed by atoms with Gasteiger partial charge in [0.1, 0.15) is 5.78 Å². The second-order valence-corrected chi connectivity index (χ2v) is 2.71. The number of carboxylic acids is 1. The normalized spacial score (nSPS) is 8.79. The van der Waals surface area contributed by atoms with Gasteiger partial charge in [0, 0.05) is 13.0 Å². The molecule has 0 saturated carbocycles. The Labute approximate surface area is 83.9 Å². The predicted molar refractivity (Wildman–Crippen MR) is 52.9 cm³/mol. The fraction of sp³-hybridized carbons (Fsp3) is 0.778. The maximum atomic E-state index is 10.3. The SMILES string of the molecule is CCCCO.NCC(=O)CCC(=O)O. The first-order chi connectivity index (χ1) is 6.58. The monoisotopic (exact) mass is 205 g/mol. The quantitative estimate of drug-likeness (QED) is 0.573. The van der Waals surface area contributed by atoms with E-state index in [1.165, 1.54) is 0 Å². The lowest BCUT2D eigenvalue weighted by atomic mass is 10.2. The van der Waals surface area contributed by atoms with E-state index >= 15 is 0 Å². The Morgan fingerprint density at radius 2 is 1.86 bits per heavy atom. The number of aliphatic hydroxyl groups is 1. The second-order valence-electron chi connectivity index (χ2n) is 2.71. The van der Waals surface area contributed by atoms with Gasteiger partial charge in [-0.2, -0.15) is 0 Å². The van der Waals surface area contributed by atoms with Crippen LogP contribution in [-0.4, -0.2) is 35.1 Å². The average molecular weight is 205 g/mol. The Balaban J connectivity index is 0. The molecule has 84 valence electrons. The number of aliphatic hydroxyl groups excluding tert-OH is 1. The molecule has 0 atom stereocenters. The third-order valence-electron chi connectivity index (χ3n) is 1.36. The van der Waals surface area contributed by atoms with Gasteiger partial charge in [-0.25, -0.2) is 0 Å². The molecule has 0 bridgehead atoms. The van der Waals surface area contributed by atoms with Crippen molar-refractivity contribution in [1.82, 2.24) is 0 Å². The van der Waals surface area contributed by atoms with Crippen molar-refractivity contribution in [2.75, 3.05) is 13.2 Å². The highest BCUT2D eigenvalue weighted by atomic mass is 16.4. The van der Waals surface area contributed by atoms with E-state index in [0.717, 1.165) is 12.8 Å². The molecule has 0 aliphatic rings. The number of carboxylic acid groups (broad SMARTS) is 1. The van der Waals surface area contributed by atoms with Crippen molar-refractivity contribution in [2.24, 2.45) is 5.73 Å². The van der Waals surface area contributed by atoms with Gasteiger partial charge in [-0.3, -0.25) is 9.59 Å². The van der Waals surface area contributed by atoms with Gasteiger partial charge in [-0.1, -0.05) is 13.3 Å².